The summed E-state index contributed by atoms with van der Waals surface area (Å²) in [4.78, 5) is 15.5. The van der Waals surface area contributed by atoms with Gasteiger partial charge >= 0.3 is 0 Å². The van der Waals surface area contributed by atoms with E-state index in [1.165, 1.54) is 0 Å². The van der Waals surface area contributed by atoms with Gasteiger partial charge in [0.25, 0.3) is 0 Å². The average Bonchev–Trinajstić information content (AvgIpc) is 3.34. The van der Waals surface area contributed by atoms with Crippen LogP contribution in [0.5, 0.6) is 0 Å². The molecule has 0 spiro atoms. The first-order chi connectivity index (χ1) is 12.8. The summed E-state index contributed by atoms with van der Waals surface area (Å²) in [5.41, 5.74) is 0. The molecule has 10 heteroatoms. The SMILES string of the molecule is COC(CNC(=O)CCn1nnnc1CN1CCOCC1)c1cccs1. The smallest absolute Gasteiger partial charge is 0.221 e. The average molecular weight is 380 g/mol. The maximum atomic E-state index is 12.2. The molecule has 1 saturated heterocycles. The van der Waals surface area contributed by atoms with Crippen LogP contribution in [0.2, 0.25) is 0 Å². The van der Waals surface area contributed by atoms with Crippen LogP contribution in [0.25, 0.3) is 0 Å². The number of tetrazole rings is 1. The Balaban J connectivity index is 1.43. The largest absolute Gasteiger partial charge is 0.379 e. The number of carbonyl (C=O) groups is 1. The second-order valence-corrected chi connectivity index (χ2v) is 6.98. The molecule has 0 aliphatic carbocycles. The number of aromatic nitrogens is 4. The molecular formula is C16H24N6O3S. The molecule has 1 unspecified atom stereocenters. The van der Waals surface area contributed by atoms with Crippen LogP contribution < -0.4 is 5.32 Å². The molecule has 1 N–H and O–H groups in total. The molecule has 2 aromatic rings. The van der Waals surface area contributed by atoms with Crippen molar-refractivity contribution in [2.24, 2.45) is 0 Å². The van der Waals surface area contributed by atoms with Crippen LogP contribution in [0.3, 0.4) is 0 Å². The van der Waals surface area contributed by atoms with Crippen LogP contribution in [-0.2, 0) is 27.4 Å². The van der Waals surface area contributed by atoms with E-state index in [1.807, 2.05) is 17.5 Å². The van der Waals surface area contributed by atoms with Crippen molar-refractivity contribution in [3.8, 4) is 0 Å². The zero-order chi connectivity index (χ0) is 18.2. The van der Waals surface area contributed by atoms with E-state index < -0.39 is 0 Å². The Labute approximate surface area is 156 Å². The zero-order valence-corrected chi connectivity index (χ0v) is 15.7. The maximum absolute atomic E-state index is 12.2. The summed E-state index contributed by atoms with van der Waals surface area (Å²) in [5.74, 6) is 0.726. The van der Waals surface area contributed by atoms with Gasteiger partial charge in [0.15, 0.2) is 5.82 Å². The standard InChI is InChI=1S/C16H24N6O3S/c1-24-13(14-3-2-10-26-14)11-17-16(23)4-5-22-15(18-19-20-22)12-21-6-8-25-9-7-21/h2-3,10,13H,4-9,11-12H2,1H3,(H,17,23). The molecule has 26 heavy (non-hydrogen) atoms. The number of nitrogens with one attached hydrogen (secondary N) is 1. The monoisotopic (exact) mass is 380 g/mol. The number of carbonyl (C=O) groups excluding carboxylic acids is 1. The van der Waals surface area contributed by atoms with Gasteiger partial charge in [-0.25, -0.2) is 4.68 Å². The van der Waals surface area contributed by atoms with Gasteiger partial charge in [0, 0.05) is 38.0 Å². The van der Waals surface area contributed by atoms with E-state index in [-0.39, 0.29) is 12.0 Å². The van der Waals surface area contributed by atoms with Gasteiger partial charge in [-0.2, -0.15) is 0 Å². The van der Waals surface area contributed by atoms with E-state index in [0.717, 1.165) is 37.0 Å². The van der Waals surface area contributed by atoms with Crippen molar-refractivity contribution >= 4 is 17.2 Å². The number of amides is 1. The maximum Gasteiger partial charge on any atom is 0.221 e. The highest BCUT2D eigenvalue weighted by Gasteiger charge is 2.16. The third kappa shape index (κ3) is 5.31. The lowest BCUT2D eigenvalue weighted by Gasteiger charge is -2.25. The lowest BCUT2D eigenvalue weighted by atomic mass is 10.3. The lowest BCUT2D eigenvalue weighted by molar-refractivity contribution is -0.121. The molecule has 0 aromatic carbocycles. The van der Waals surface area contributed by atoms with Crippen molar-refractivity contribution < 1.29 is 14.3 Å². The minimum atomic E-state index is -0.121. The first-order valence-electron chi connectivity index (χ1n) is 8.64. The number of hydrogen-bond donors (Lipinski definition) is 1. The van der Waals surface area contributed by atoms with Crippen molar-refractivity contribution in [1.29, 1.82) is 0 Å². The summed E-state index contributed by atoms with van der Waals surface area (Å²) < 4.78 is 12.5. The molecule has 1 fully saturated rings. The van der Waals surface area contributed by atoms with Gasteiger partial charge < -0.3 is 14.8 Å². The third-order valence-corrected chi connectivity index (χ3v) is 5.22. The number of hydrogen-bond acceptors (Lipinski definition) is 8. The van der Waals surface area contributed by atoms with Gasteiger partial charge in [-0.15, -0.1) is 16.4 Å². The van der Waals surface area contributed by atoms with Crippen LogP contribution >= 0.6 is 11.3 Å². The van der Waals surface area contributed by atoms with E-state index in [1.54, 1.807) is 23.1 Å². The van der Waals surface area contributed by atoms with Crippen LogP contribution in [-0.4, -0.2) is 71.0 Å². The highest BCUT2D eigenvalue weighted by Crippen LogP contribution is 2.20. The molecule has 1 amide bonds. The Morgan fingerprint density at radius 2 is 2.31 bits per heavy atom. The Kier molecular flexibility index (Phi) is 7.06. The van der Waals surface area contributed by atoms with E-state index in [9.17, 15) is 4.79 Å². The summed E-state index contributed by atoms with van der Waals surface area (Å²) in [6.07, 6.45) is 0.200. The molecule has 3 heterocycles. The van der Waals surface area contributed by atoms with Gasteiger partial charge in [0.1, 0.15) is 6.10 Å². The fourth-order valence-corrected chi connectivity index (χ4v) is 3.55. The van der Waals surface area contributed by atoms with Crippen LogP contribution in [0, 0.1) is 0 Å². The van der Waals surface area contributed by atoms with Gasteiger partial charge in [-0.1, -0.05) is 6.07 Å². The van der Waals surface area contributed by atoms with Crippen molar-refractivity contribution in [2.75, 3.05) is 40.0 Å². The second kappa shape index (κ2) is 9.72. The third-order valence-electron chi connectivity index (χ3n) is 4.26. The Morgan fingerprint density at radius 1 is 1.46 bits per heavy atom. The number of methoxy groups -OCH3 is 1. The molecule has 0 radical (unpaired) electrons. The van der Waals surface area contributed by atoms with Gasteiger partial charge in [-0.3, -0.25) is 9.69 Å². The molecule has 3 rings (SSSR count). The minimum absolute atomic E-state index is 0.0450. The van der Waals surface area contributed by atoms with E-state index in [0.29, 0.717) is 26.1 Å². The Hall–Kier alpha value is -1.88. The fraction of sp³-hybridized carbons (Fsp3) is 0.625. The predicted molar refractivity (Wildman–Crippen MR) is 95.6 cm³/mol. The van der Waals surface area contributed by atoms with Crippen molar-refractivity contribution in [3.05, 3.63) is 28.2 Å². The van der Waals surface area contributed by atoms with E-state index >= 15 is 0 Å². The number of ether oxygens (including phenoxy) is 2. The van der Waals surface area contributed by atoms with Crippen LogP contribution in [0.4, 0.5) is 0 Å². The van der Waals surface area contributed by atoms with Gasteiger partial charge in [0.2, 0.25) is 5.91 Å². The van der Waals surface area contributed by atoms with Crippen molar-refractivity contribution in [2.45, 2.75) is 25.6 Å². The number of nitrogens with zero attached hydrogens (tertiary/aromatic N) is 5. The topological polar surface area (TPSA) is 94.4 Å². The molecule has 1 aliphatic rings. The highest BCUT2D eigenvalue weighted by atomic mass is 32.1. The number of rotatable bonds is 9. The number of thiophene rings is 1. The molecule has 2 aromatic heterocycles. The fourth-order valence-electron chi connectivity index (χ4n) is 2.75. The van der Waals surface area contributed by atoms with Gasteiger partial charge in [-0.05, 0) is 21.9 Å². The van der Waals surface area contributed by atoms with Crippen molar-refractivity contribution in [1.82, 2.24) is 30.4 Å². The van der Waals surface area contributed by atoms with Crippen LogP contribution in [0.1, 0.15) is 23.2 Å². The first kappa shape index (κ1) is 18.9. The highest BCUT2D eigenvalue weighted by molar-refractivity contribution is 7.10. The number of aryl methyl sites for hydroxylation is 1. The predicted octanol–water partition coefficient (Wildman–Crippen LogP) is 0.461. The van der Waals surface area contributed by atoms with Gasteiger partial charge in [0.05, 0.1) is 26.3 Å². The Bertz CT molecular complexity index is 671. The molecule has 142 valence electrons. The quantitative estimate of drug-likeness (QED) is 0.675. The minimum Gasteiger partial charge on any atom is -0.379 e. The summed E-state index contributed by atoms with van der Waals surface area (Å²) in [6.45, 7) is 4.77. The summed E-state index contributed by atoms with van der Waals surface area (Å²) in [6, 6.07) is 3.98. The van der Waals surface area contributed by atoms with Crippen LogP contribution in [0.15, 0.2) is 17.5 Å². The molecular weight excluding hydrogens is 356 g/mol. The number of morpholine rings is 1. The Morgan fingerprint density at radius 3 is 3.04 bits per heavy atom. The first-order valence-corrected chi connectivity index (χ1v) is 9.52. The lowest BCUT2D eigenvalue weighted by Crippen LogP contribution is -2.36. The van der Waals surface area contributed by atoms with E-state index in [4.69, 9.17) is 9.47 Å². The molecule has 0 saturated carbocycles. The molecule has 9 nitrogen and oxygen atoms in total. The van der Waals surface area contributed by atoms with E-state index in [2.05, 4.69) is 25.7 Å². The molecule has 0 bridgehead atoms. The van der Waals surface area contributed by atoms with Crippen molar-refractivity contribution in [3.63, 3.8) is 0 Å². The molecule has 1 aliphatic heterocycles. The second-order valence-electron chi connectivity index (χ2n) is 6.00. The summed E-state index contributed by atoms with van der Waals surface area (Å²) in [5, 5.41) is 16.7. The zero-order valence-electron chi connectivity index (χ0n) is 14.8. The summed E-state index contributed by atoms with van der Waals surface area (Å²) >= 11 is 1.62. The molecule has 1 atom stereocenters. The normalized spacial score (nSPS) is 16.5. The summed E-state index contributed by atoms with van der Waals surface area (Å²) in [7, 11) is 1.65.